The third kappa shape index (κ3) is 16.7. The molecule has 0 unspecified atom stereocenters. The van der Waals surface area contributed by atoms with E-state index < -0.39 is 0 Å². The van der Waals surface area contributed by atoms with Gasteiger partial charge in [-0.3, -0.25) is 4.90 Å². The molecule has 0 atom stereocenters. The van der Waals surface area contributed by atoms with E-state index in [0.29, 0.717) is 6.61 Å². The number of hydrogen-bond acceptors (Lipinski definition) is 5. The standard InChI is InChI=1S/C24H27NO.C15H20OS2/c1-6-20-8-12-22(13-9-20)18-25(16-17-26-24(3,4)5)19-23-14-10-21(7-2)11-15-23;1-5-13-6-8-14(9-7-13)12-18-17-11-10-16-15(2,3)4/h1-2,8-15H,16-19H2,3-5H3;1,6-9H,10-12H2,2-4H3. The Kier molecular flexibility index (Phi) is 16.3. The van der Waals surface area contributed by atoms with Crippen molar-refractivity contribution in [1.29, 1.82) is 0 Å². The third-order valence-electron chi connectivity index (χ3n) is 6.13. The average molecular weight is 626 g/mol. The van der Waals surface area contributed by atoms with Crippen LogP contribution in [0.15, 0.2) is 72.8 Å². The van der Waals surface area contributed by atoms with E-state index in [4.69, 9.17) is 28.7 Å². The molecule has 0 radical (unpaired) electrons. The maximum Gasteiger partial charge on any atom is 0.0600 e. The molecule has 0 aliphatic rings. The SMILES string of the molecule is C#Cc1ccc(CN(CCOC(C)(C)C)Cc2ccc(C#C)cc2)cc1.C#Cc1ccc(CSSCCOC(C)(C)C)cc1. The molecular formula is C39H47NO2S2. The Morgan fingerprint density at radius 1 is 0.568 bits per heavy atom. The van der Waals surface area contributed by atoms with Gasteiger partial charge in [-0.2, -0.15) is 0 Å². The van der Waals surface area contributed by atoms with Gasteiger partial charge in [0, 0.05) is 47.8 Å². The van der Waals surface area contributed by atoms with E-state index in [1.807, 2.05) is 58.0 Å². The van der Waals surface area contributed by atoms with Crippen LogP contribution in [0, 0.1) is 37.0 Å². The van der Waals surface area contributed by atoms with Crippen molar-refractivity contribution in [3.05, 3.63) is 106 Å². The number of hydrogen-bond donors (Lipinski definition) is 0. The molecule has 232 valence electrons. The summed E-state index contributed by atoms with van der Waals surface area (Å²) in [5, 5.41) is 0. The molecular weight excluding hydrogens is 579 g/mol. The lowest BCUT2D eigenvalue weighted by Gasteiger charge is -2.26. The van der Waals surface area contributed by atoms with Crippen molar-refractivity contribution in [3.63, 3.8) is 0 Å². The van der Waals surface area contributed by atoms with E-state index in [2.05, 4.69) is 101 Å². The van der Waals surface area contributed by atoms with Gasteiger partial charge in [-0.05, 0) is 94.6 Å². The van der Waals surface area contributed by atoms with Crippen LogP contribution in [-0.4, -0.2) is 41.6 Å². The number of rotatable bonds is 13. The number of nitrogens with zero attached hydrogens (tertiary/aromatic N) is 1. The predicted octanol–water partition coefficient (Wildman–Crippen LogP) is 8.83. The third-order valence-corrected chi connectivity index (χ3v) is 8.43. The lowest BCUT2D eigenvalue weighted by molar-refractivity contribution is -0.0148. The monoisotopic (exact) mass is 625 g/mol. The first-order chi connectivity index (χ1) is 20.9. The Balaban J connectivity index is 0.000000329. The predicted molar refractivity (Wildman–Crippen MR) is 192 cm³/mol. The second kappa shape index (κ2) is 19.3. The highest BCUT2D eigenvalue weighted by Gasteiger charge is 2.13. The molecule has 0 saturated carbocycles. The van der Waals surface area contributed by atoms with Crippen LogP contribution in [0.25, 0.3) is 0 Å². The molecule has 0 heterocycles. The maximum absolute atomic E-state index is 5.91. The van der Waals surface area contributed by atoms with Crippen LogP contribution in [0.4, 0.5) is 0 Å². The normalized spacial score (nSPS) is 11.2. The largest absolute Gasteiger partial charge is 0.375 e. The molecule has 3 aromatic rings. The number of terminal acetylenes is 3. The van der Waals surface area contributed by atoms with Crippen molar-refractivity contribution in [1.82, 2.24) is 4.90 Å². The second-order valence-electron chi connectivity index (χ2n) is 12.2. The first-order valence-corrected chi connectivity index (χ1v) is 17.3. The zero-order valence-corrected chi connectivity index (χ0v) is 28.8. The van der Waals surface area contributed by atoms with Crippen LogP contribution in [0.5, 0.6) is 0 Å². The molecule has 0 spiro atoms. The van der Waals surface area contributed by atoms with Gasteiger partial charge in [0.2, 0.25) is 0 Å². The van der Waals surface area contributed by atoms with Gasteiger partial charge in [0.05, 0.1) is 24.4 Å². The first-order valence-electron chi connectivity index (χ1n) is 14.8. The molecule has 44 heavy (non-hydrogen) atoms. The summed E-state index contributed by atoms with van der Waals surface area (Å²) in [6, 6.07) is 24.5. The summed E-state index contributed by atoms with van der Waals surface area (Å²) in [7, 11) is 3.71. The molecule has 0 N–H and O–H groups in total. The first kappa shape index (κ1) is 37.1. The summed E-state index contributed by atoms with van der Waals surface area (Å²) in [5.41, 5.74) is 6.37. The van der Waals surface area contributed by atoms with Gasteiger partial charge in [0.15, 0.2) is 0 Å². The molecule has 0 aliphatic heterocycles. The number of benzene rings is 3. The Labute approximate surface area is 275 Å². The minimum absolute atomic E-state index is 0.0315. The van der Waals surface area contributed by atoms with Crippen LogP contribution >= 0.6 is 21.6 Å². The lowest BCUT2D eigenvalue weighted by Crippen LogP contribution is -2.30. The lowest BCUT2D eigenvalue weighted by atomic mass is 10.1. The van der Waals surface area contributed by atoms with Crippen LogP contribution < -0.4 is 0 Å². The zero-order valence-electron chi connectivity index (χ0n) is 27.2. The quantitative estimate of drug-likeness (QED) is 0.107. The van der Waals surface area contributed by atoms with Crippen molar-refractivity contribution < 1.29 is 9.47 Å². The fourth-order valence-corrected chi connectivity index (χ4v) is 5.77. The summed E-state index contributed by atoms with van der Waals surface area (Å²) in [6.45, 7) is 16.5. The van der Waals surface area contributed by atoms with E-state index in [-0.39, 0.29) is 11.2 Å². The van der Waals surface area contributed by atoms with Gasteiger partial charge < -0.3 is 9.47 Å². The zero-order chi connectivity index (χ0) is 32.4. The van der Waals surface area contributed by atoms with Gasteiger partial charge >= 0.3 is 0 Å². The summed E-state index contributed by atoms with van der Waals surface area (Å²) >= 11 is 0. The van der Waals surface area contributed by atoms with Crippen molar-refractivity contribution in [3.8, 4) is 37.0 Å². The average Bonchev–Trinajstić information content (AvgIpc) is 2.99. The molecule has 5 heteroatoms. The fourth-order valence-electron chi connectivity index (χ4n) is 3.87. The van der Waals surface area contributed by atoms with Crippen LogP contribution in [0.3, 0.4) is 0 Å². The maximum atomic E-state index is 5.91. The number of ether oxygens (including phenoxy) is 2. The van der Waals surface area contributed by atoms with Crippen LogP contribution in [0.2, 0.25) is 0 Å². The van der Waals surface area contributed by atoms with E-state index >= 15 is 0 Å². The highest BCUT2D eigenvalue weighted by molar-refractivity contribution is 8.76. The molecule has 3 rings (SSSR count). The van der Waals surface area contributed by atoms with E-state index in [1.165, 1.54) is 16.7 Å². The Morgan fingerprint density at radius 3 is 1.34 bits per heavy atom. The molecule has 0 bridgehead atoms. The Morgan fingerprint density at radius 2 is 0.955 bits per heavy atom. The molecule has 0 saturated heterocycles. The molecule has 3 nitrogen and oxygen atoms in total. The molecule has 0 fully saturated rings. The van der Waals surface area contributed by atoms with Crippen LogP contribution in [0.1, 0.15) is 74.9 Å². The second-order valence-corrected chi connectivity index (χ2v) is 14.8. The van der Waals surface area contributed by atoms with Crippen LogP contribution in [-0.2, 0) is 28.3 Å². The summed E-state index contributed by atoms with van der Waals surface area (Å²) in [6.07, 6.45) is 16.2. The molecule has 0 amide bonds. The van der Waals surface area contributed by atoms with E-state index in [0.717, 1.165) is 54.4 Å². The van der Waals surface area contributed by atoms with Gasteiger partial charge in [-0.25, -0.2) is 0 Å². The highest BCUT2D eigenvalue weighted by atomic mass is 33.1. The van der Waals surface area contributed by atoms with E-state index in [9.17, 15) is 0 Å². The molecule has 3 aromatic carbocycles. The Hall–Kier alpha value is -3.08. The summed E-state index contributed by atoms with van der Waals surface area (Å²) < 4.78 is 11.6. The van der Waals surface area contributed by atoms with Crippen molar-refractivity contribution in [2.24, 2.45) is 0 Å². The Bertz CT molecular complexity index is 1300. The van der Waals surface area contributed by atoms with Gasteiger partial charge in [-0.15, -0.1) is 19.3 Å². The fraction of sp³-hybridized carbons (Fsp3) is 0.385. The minimum atomic E-state index is -0.130. The topological polar surface area (TPSA) is 21.7 Å². The smallest absolute Gasteiger partial charge is 0.0600 e. The minimum Gasteiger partial charge on any atom is -0.375 e. The van der Waals surface area contributed by atoms with Crippen molar-refractivity contribution in [2.45, 2.75) is 71.6 Å². The summed E-state index contributed by atoms with van der Waals surface area (Å²) in [4.78, 5) is 2.38. The van der Waals surface area contributed by atoms with Crippen molar-refractivity contribution >= 4 is 21.6 Å². The molecule has 0 aromatic heterocycles. The van der Waals surface area contributed by atoms with Gasteiger partial charge in [-0.1, -0.05) is 75.7 Å². The van der Waals surface area contributed by atoms with Crippen molar-refractivity contribution in [2.75, 3.05) is 25.5 Å². The van der Waals surface area contributed by atoms with Gasteiger partial charge in [0.1, 0.15) is 0 Å². The summed E-state index contributed by atoms with van der Waals surface area (Å²) in [5.74, 6) is 9.97. The van der Waals surface area contributed by atoms with E-state index in [1.54, 1.807) is 0 Å². The highest BCUT2D eigenvalue weighted by Crippen LogP contribution is 2.26. The van der Waals surface area contributed by atoms with Gasteiger partial charge in [0.25, 0.3) is 0 Å². The molecule has 0 aliphatic carbocycles.